The fraction of sp³-hybridized carbons (Fsp3) is 0.462. The number of aliphatic imine (C=N–C) groups is 1. The number of rotatable bonds is 3. The second kappa shape index (κ2) is 4.87. The lowest BCUT2D eigenvalue weighted by molar-refractivity contribution is 0.420. The predicted molar refractivity (Wildman–Crippen MR) is 67.8 cm³/mol. The lowest BCUT2D eigenvalue weighted by atomic mass is 9.88. The zero-order chi connectivity index (χ0) is 14.1. The Morgan fingerprint density at radius 3 is 2.47 bits per heavy atom. The first kappa shape index (κ1) is 13.9. The highest BCUT2D eigenvalue weighted by Gasteiger charge is 2.41. The van der Waals surface area contributed by atoms with Gasteiger partial charge in [-0.15, -0.1) is 0 Å². The Labute approximate surface area is 111 Å². The van der Waals surface area contributed by atoms with Crippen molar-refractivity contribution in [2.24, 2.45) is 4.99 Å². The normalized spacial score (nSPS) is 18.0. The molecule has 0 aliphatic heterocycles. The molecule has 0 bridgehead atoms. The minimum absolute atomic E-state index is 0.0124. The van der Waals surface area contributed by atoms with Crippen LogP contribution in [0.25, 0.3) is 0 Å². The van der Waals surface area contributed by atoms with E-state index in [-0.39, 0.29) is 10.5 Å². The van der Waals surface area contributed by atoms with Crippen LogP contribution in [0.4, 0.5) is 4.39 Å². The Hall–Kier alpha value is -1.52. The monoisotopic (exact) mass is 283 g/mol. The van der Waals surface area contributed by atoms with Gasteiger partial charge in [0.25, 0.3) is 0 Å². The van der Waals surface area contributed by atoms with Crippen LogP contribution in [0.3, 0.4) is 0 Å². The van der Waals surface area contributed by atoms with Gasteiger partial charge in [-0.3, -0.25) is 0 Å². The first-order valence-electron chi connectivity index (χ1n) is 5.99. The van der Waals surface area contributed by atoms with Crippen molar-refractivity contribution in [2.45, 2.75) is 36.1 Å². The molecule has 6 heteroatoms. The molecule has 1 fully saturated rings. The molecule has 102 valence electrons. The average molecular weight is 283 g/mol. The fourth-order valence-electron chi connectivity index (χ4n) is 2.73. The molecule has 0 radical (unpaired) electrons. The molecule has 0 spiro atoms. The summed E-state index contributed by atoms with van der Waals surface area (Å²) in [6, 6.07) is 3.90. The van der Waals surface area contributed by atoms with Gasteiger partial charge in [0.05, 0.1) is 4.90 Å². The molecule has 0 saturated heterocycles. The summed E-state index contributed by atoms with van der Waals surface area (Å²) in [5.74, 6) is -0.635. The highest BCUT2D eigenvalue weighted by Crippen LogP contribution is 2.45. The van der Waals surface area contributed by atoms with Crippen LogP contribution in [0.15, 0.2) is 28.1 Å². The van der Waals surface area contributed by atoms with Gasteiger partial charge in [0.15, 0.2) is 9.84 Å². The zero-order valence-electron chi connectivity index (χ0n) is 10.5. The van der Waals surface area contributed by atoms with Crippen LogP contribution < -0.4 is 0 Å². The molecule has 0 N–H and O–H groups in total. The summed E-state index contributed by atoms with van der Waals surface area (Å²) in [6.45, 7) is 0. The van der Waals surface area contributed by atoms with E-state index in [0.717, 1.165) is 19.1 Å². The summed E-state index contributed by atoms with van der Waals surface area (Å²) in [5.41, 5.74) is -1.07. The third kappa shape index (κ3) is 2.46. The predicted octanol–water partition coefficient (Wildman–Crippen LogP) is 2.33. The van der Waals surface area contributed by atoms with E-state index in [0.29, 0.717) is 12.8 Å². The van der Waals surface area contributed by atoms with Crippen LogP contribution in [0.2, 0.25) is 0 Å². The van der Waals surface area contributed by atoms with E-state index in [9.17, 15) is 17.6 Å². The average Bonchev–Trinajstić information content (AvgIpc) is 2.77. The van der Waals surface area contributed by atoms with Gasteiger partial charge in [0, 0.05) is 11.8 Å². The first-order valence-corrected chi connectivity index (χ1v) is 7.88. The minimum Gasteiger partial charge on any atom is -0.224 e. The molecule has 1 aliphatic rings. The summed E-state index contributed by atoms with van der Waals surface area (Å²) < 4.78 is 37.8. The maximum Gasteiger partial charge on any atom is 0.235 e. The van der Waals surface area contributed by atoms with Crippen molar-refractivity contribution in [3.63, 3.8) is 0 Å². The van der Waals surface area contributed by atoms with Crippen molar-refractivity contribution in [3.05, 3.63) is 29.6 Å². The van der Waals surface area contributed by atoms with Crippen molar-refractivity contribution in [2.75, 3.05) is 6.26 Å². The Bertz CT molecular complexity index is 642. The van der Waals surface area contributed by atoms with E-state index >= 15 is 0 Å². The van der Waals surface area contributed by atoms with E-state index in [1.54, 1.807) is 0 Å². The molecule has 1 aliphatic carbocycles. The molecule has 0 amide bonds. The number of hydrogen-bond donors (Lipinski definition) is 0. The molecule has 1 aromatic rings. The van der Waals surface area contributed by atoms with E-state index < -0.39 is 21.2 Å². The van der Waals surface area contributed by atoms with Crippen molar-refractivity contribution < 1.29 is 17.6 Å². The second-order valence-corrected chi connectivity index (χ2v) is 6.81. The lowest BCUT2D eigenvalue weighted by Gasteiger charge is -2.25. The number of nitrogens with zero attached hydrogens (tertiary/aromatic N) is 1. The van der Waals surface area contributed by atoms with Crippen molar-refractivity contribution >= 4 is 15.9 Å². The van der Waals surface area contributed by atoms with Gasteiger partial charge in [-0.25, -0.2) is 17.6 Å². The zero-order valence-corrected chi connectivity index (χ0v) is 11.3. The van der Waals surface area contributed by atoms with Gasteiger partial charge in [-0.2, -0.15) is 4.99 Å². The van der Waals surface area contributed by atoms with Crippen LogP contribution in [0.5, 0.6) is 0 Å². The maximum absolute atomic E-state index is 14.1. The minimum atomic E-state index is -3.58. The van der Waals surface area contributed by atoms with Gasteiger partial charge in [-0.1, -0.05) is 18.9 Å². The van der Waals surface area contributed by atoms with Crippen LogP contribution in [0.1, 0.15) is 31.2 Å². The molecule has 1 aromatic carbocycles. The molecule has 0 aromatic heterocycles. The molecule has 0 unspecified atom stereocenters. The van der Waals surface area contributed by atoms with Gasteiger partial charge in [0.1, 0.15) is 11.4 Å². The van der Waals surface area contributed by atoms with Crippen molar-refractivity contribution in [1.29, 1.82) is 0 Å². The van der Waals surface area contributed by atoms with Crippen LogP contribution >= 0.6 is 0 Å². The standard InChI is InChI=1S/C13H14FNO3S/c1-19(17,18)11-6-4-5-10(14)12(11)13(15-9-16)7-2-3-8-13/h4-6H,2-3,7-8H2,1H3. The number of isocyanates is 1. The second-order valence-electron chi connectivity index (χ2n) is 4.83. The fourth-order valence-corrected chi connectivity index (χ4v) is 3.71. The Balaban J connectivity index is 2.77. The molecule has 1 saturated carbocycles. The molecule has 19 heavy (non-hydrogen) atoms. The first-order chi connectivity index (χ1) is 8.91. The topological polar surface area (TPSA) is 63.6 Å². The Morgan fingerprint density at radius 1 is 1.32 bits per heavy atom. The summed E-state index contributed by atoms with van der Waals surface area (Å²) in [5, 5.41) is 0. The summed E-state index contributed by atoms with van der Waals surface area (Å²) in [7, 11) is -3.58. The number of hydrogen-bond acceptors (Lipinski definition) is 4. The molecule has 0 heterocycles. The summed E-state index contributed by atoms with van der Waals surface area (Å²) >= 11 is 0. The van der Waals surface area contributed by atoms with Crippen molar-refractivity contribution in [1.82, 2.24) is 0 Å². The third-order valence-electron chi connectivity index (χ3n) is 3.53. The maximum atomic E-state index is 14.1. The number of sulfone groups is 1. The molecular weight excluding hydrogens is 269 g/mol. The van der Waals surface area contributed by atoms with E-state index in [1.807, 2.05) is 0 Å². The van der Waals surface area contributed by atoms with Gasteiger partial charge in [-0.05, 0) is 25.0 Å². The number of carbonyl (C=O) groups excluding carboxylic acids is 1. The van der Waals surface area contributed by atoms with Gasteiger partial charge < -0.3 is 0 Å². The SMILES string of the molecule is CS(=O)(=O)c1cccc(F)c1C1(N=C=O)CCCC1. The quantitative estimate of drug-likeness (QED) is 0.631. The largest absolute Gasteiger partial charge is 0.235 e. The van der Waals surface area contributed by atoms with Gasteiger partial charge in [0.2, 0.25) is 6.08 Å². The molecule has 2 rings (SSSR count). The lowest BCUT2D eigenvalue weighted by Crippen LogP contribution is -2.24. The molecule has 4 nitrogen and oxygen atoms in total. The highest BCUT2D eigenvalue weighted by atomic mass is 32.2. The third-order valence-corrected chi connectivity index (χ3v) is 4.67. The Morgan fingerprint density at radius 2 is 1.95 bits per heavy atom. The molecule has 0 atom stereocenters. The number of benzene rings is 1. The molecular formula is C13H14FNO3S. The van der Waals surface area contributed by atoms with Crippen LogP contribution in [-0.4, -0.2) is 20.8 Å². The van der Waals surface area contributed by atoms with Crippen LogP contribution in [-0.2, 0) is 20.2 Å². The number of halogens is 1. The van der Waals surface area contributed by atoms with E-state index in [1.165, 1.54) is 24.3 Å². The smallest absolute Gasteiger partial charge is 0.224 e. The highest BCUT2D eigenvalue weighted by molar-refractivity contribution is 7.90. The Kier molecular flexibility index (Phi) is 3.56. The summed E-state index contributed by atoms with van der Waals surface area (Å²) in [6.07, 6.45) is 4.98. The van der Waals surface area contributed by atoms with E-state index in [2.05, 4.69) is 4.99 Å². The van der Waals surface area contributed by atoms with E-state index in [4.69, 9.17) is 0 Å². The van der Waals surface area contributed by atoms with Gasteiger partial charge >= 0.3 is 0 Å². The van der Waals surface area contributed by atoms with Crippen molar-refractivity contribution in [3.8, 4) is 0 Å². The van der Waals surface area contributed by atoms with Crippen LogP contribution in [0, 0.1) is 5.82 Å². The summed E-state index contributed by atoms with van der Waals surface area (Å²) in [4.78, 5) is 14.3.